The van der Waals surface area contributed by atoms with Crippen molar-refractivity contribution < 1.29 is 9.18 Å². The number of benzene rings is 2. The van der Waals surface area contributed by atoms with Crippen LogP contribution in [0, 0.1) is 12.7 Å². The van der Waals surface area contributed by atoms with Gasteiger partial charge in [-0.3, -0.25) is 9.89 Å². The van der Waals surface area contributed by atoms with Crippen LogP contribution in [-0.4, -0.2) is 22.3 Å². The quantitative estimate of drug-likeness (QED) is 0.571. The van der Waals surface area contributed by atoms with E-state index in [2.05, 4.69) is 20.7 Å². The predicted molar refractivity (Wildman–Crippen MR) is 90.2 cm³/mol. The number of halogens is 1. The number of H-pyrrole nitrogens is 1. The average Bonchev–Trinajstić information content (AvgIpc) is 3.05. The number of amides is 1. The summed E-state index contributed by atoms with van der Waals surface area (Å²) in [7, 11) is 0. The number of aryl methyl sites for hydroxylation is 1. The van der Waals surface area contributed by atoms with Gasteiger partial charge in [0, 0.05) is 5.56 Å². The molecule has 3 aromatic rings. The van der Waals surface area contributed by atoms with Gasteiger partial charge in [-0.25, -0.2) is 9.82 Å². The summed E-state index contributed by atoms with van der Waals surface area (Å²) in [5.41, 5.74) is 5.97. The maximum Gasteiger partial charge on any atom is 0.289 e. The minimum absolute atomic E-state index is 0.293. The van der Waals surface area contributed by atoms with Gasteiger partial charge in [0.15, 0.2) is 0 Å². The Hall–Kier alpha value is -3.28. The molecule has 1 amide bonds. The van der Waals surface area contributed by atoms with Gasteiger partial charge in [0.2, 0.25) is 0 Å². The molecule has 0 atom stereocenters. The highest BCUT2D eigenvalue weighted by molar-refractivity contribution is 5.94. The fraction of sp³-hybridized carbons (Fsp3) is 0.0556. The number of aromatic nitrogens is 2. The standard InChI is InChI=1S/C18H15FN4O/c1-12-5-7-14(8-6-12)16-10-17(22-21-16)18(24)23-20-11-13-3-2-4-15(19)9-13/h2-11H,1H3,(H,21,22)(H,23,24)/b20-11-. The van der Waals surface area contributed by atoms with Crippen molar-refractivity contribution in [3.8, 4) is 11.3 Å². The molecule has 1 heterocycles. The first kappa shape index (κ1) is 15.6. The van der Waals surface area contributed by atoms with Crippen LogP contribution in [0.1, 0.15) is 21.6 Å². The van der Waals surface area contributed by atoms with Gasteiger partial charge in [0.1, 0.15) is 11.5 Å². The van der Waals surface area contributed by atoms with E-state index >= 15 is 0 Å². The molecule has 0 unspecified atom stereocenters. The van der Waals surface area contributed by atoms with E-state index in [0.717, 1.165) is 11.1 Å². The number of hydrogen-bond acceptors (Lipinski definition) is 3. The predicted octanol–water partition coefficient (Wildman–Crippen LogP) is 3.29. The molecular formula is C18H15FN4O. The molecule has 0 aliphatic rings. The average molecular weight is 322 g/mol. The smallest absolute Gasteiger partial charge is 0.272 e. The summed E-state index contributed by atoms with van der Waals surface area (Å²) in [4.78, 5) is 12.0. The third kappa shape index (κ3) is 3.73. The molecule has 5 nitrogen and oxygen atoms in total. The van der Waals surface area contributed by atoms with Gasteiger partial charge in [0.25, 0.3) is 5.91 Å². The summed E-state index contributed by atoms with van der Waals surface area (Å²) in [6, 6.07) is 15.4. The van der Waals surface area contributed by atoms with Crippen molar-refractivity contribution in [1.82, 2.24) is 15.6 Å². The maximum atomic E-state index is 13.0. The Morgan fingerprint density at radius 1 is 1.21 bits per heavy atom. The Balaban J connectivity index is 1.66. The minimum atomic E-state index is -0.423. The lowest BCUT2D eigenvalue weighted by atomic mass is 10.1. The normalized spacial score (nSPS) is 10.9. The van der Waals surface area contributed by atoms with E-state index in [9.17, 15) is 9.18 Å². The monoisotopic (exact) mass is 322 g/mol. The summed E-state index contributed by atoms with van der Waals surface area (Å²) in [5.74, 6) is -0.782. The van der Waals surface area contributed by atoms with Crippen molar-refractivity contribution in [1.29, 1.82) is 0 Å². The zero-order chi connectivity index (χ0) is 16.9. The zero-order valence-corrected chi connectivity index (χ0v) is 13.0. The summed E-state index contributed by atoms with van der Waals surface area (Å²) < 4.78 is 13.0. The molecule has 120 valence electrons. The van der Waals surface area contributed by atoms with E-state index in [0.29, 0.717) is 17.0 Å². The van der Waals surface area contributed by atoms with Crippen molar-refractivity contribution in [3.63, 3.8) is 0 Å². The van der Waals surface area contributed by atoms with Crippen LogP contribution in [0.5, 0.6) is 0 Å². The molecule has 2 N–H and O–H groups in total. The molecule has 0 fully saturated rings. The summed E-state index contributed by atoms with van der Waals surface area (Å²) in [5, 5.41) is 10.6. The van der Waals surface area contributed by atoms with Crippen LogP contribution < -0.4 is 5.43 Å². The van der Waals surface area contributed by atoms with E-state index in [1.807, 2.05) is 31.2 Å². The number of aromatic amines is 1. The fourth-order valence-corrected chi connectivity index (χ4v) is 2.12. The van der Waals surface area contributed by atoms with Crippen molar-refractivity contribution in [2.45, 2.75) is 6.92 Å². The second kappa shape index (κ2) is 6.87. The molecule has 0 saturated carbocycles. The number of hydrazone groups is 1. The Kier molecular flexibility index (Phi) is 4.47. The third-order valence-electron chi connectivity index (χ3n) is 3.40. The number of nitrogens with one attached hydrogen (secondary N) is 2. The fourth-order valence-electron chi connectivity index (χ4n) is 2.12. The van der Waals surface area contributed by atoms with E-state index in [4.69, 9.17) is 0 Å². The minimum Gasteiger partial charge on any atom is -0.272 e. The maximum absolute atomic E-state index is 13.0. The van der Waals surface area contributed by atoms with Gasteiger partial charge in [-0.15, -0.1) is 0 Å². The first-order chi connectivity index (χ1) is 11.6. The SMILES string of the molecule is Cc1ccc(-c2cc(C(=O)N/N=C\c3cccc(F)c3)[nH]n2)cc1. The molecule has 0 radical (unpaired) electrons. The van der Waals surface area contributed by atoms with Crippen LogP contribution in [0.2, 0.25) is 0 Å². The molecule has 6 heteroatoms. The number of nitrogens with zero attached hydrogens (tertiary/aromatic N) is 2. The van der Waals surface area contributed by atoms with Gasteiger partial charge < -0.3 is 0 Å². The van der Waals surface area contributed by atoms with Crippen molar-refractivity contribution in [2.75, 3.05) is 0 Å². The molecule has 0 aliphatic carbocycles. The van der Waals surface area contributed by atoms with Gasteiger partial charge in [0.05, 0.1) is 11.9 Å². The largest absolute Gasteiger partial charge is 0.289 e. The van der Waals surface area contributed by atoms with Gasteiger partial charge >= 0.3 is 0 Å². The van der Waals surface area contributed by atoms with Gasteiger partial charge in [-0.1, -0.05) is 42.0 Å². The Morgan fingerprint density at radius 2 is 2.00 bits per heavy atom. The molecule has 0 bridgehead atoms. The van der Waals surface area contributed by atoms with Crippen LogP contribution in [-0.2, 0) is 0 Å². The van der Waals surface area contributed by atoms with E-state index in [1.165, 1.54) is 18.3 Å². The molecule has 24 heavy (non-hydrogen) atoms. The second-order valence-electron chi connectivity index (χ2n) is 5.29. The molecule has 1 aromatic heterocycles. The first-order valence-electron chi connectivity index (χ1n) is 7.33. The summed E-state index contributed by atoms with van der Waals surface area (Å²) in [6.07, 6.45) is 1.37. The summed E-state index contributed by atoms with van der Waals surface area (Å²) >= 11 is 0. The van der Waals surface area contributed by atoms with Crippen LogP contribution >= 0.6 is 0 Å². The molecule has 0 spiro atoms. The van der Waals surface area contributed by atoms with Gasteiger partial charge in [-0.05, 0) is 30.7 Å². The van der Waals surface area contributed by atoms with Crippen LogP contribution in [0.15, 0.2) is 59.7 Å². The lowest BCUT2D eigenvalue weighted by molar-refractivity contribution is 0.0950. The number of rotatable bonds is 4. The highest BCUT2D eigenvalue weighted by atomic mass is 19.1. The Labute approximate surface area is 138 Å². The number of carbonyl (C=O) groups is 1. The first-order valence-corrected chi connectivity index (χ1v) is 7.33. The molecular weight excluding hydrogens is 307 g/mol. The van der Waals surface area contributed by atoms with Crippen molar-refractivity contribution in [3.05, 3.63) is 77.2 Å². The highest BCUT2D eigenvalue weighted by Gasteiger charge is 2.10. The van der Waals surface area contributed by atoms with Crippen LogP contribution in [0.3, 0.4) is 0 Å². The number of hydrogen-bond donors (Lipinski definition) is 2. The highest BCUT2D eigenvalue weighted by Crippen LogP contribution is 2.18. The van der Waals surface area contributed by atoms with E-state index in [-0.39, 0.29) is 5.82 Å². The Bertz CT molecular complexity index is 884. The Morgan fingerprint density at radius 3 is 2.75 bits per heavy atom. The van der Waals surface area contributed by atoms with E-state index in [1.54, 1.807) is 18.2 Å². The van der Waals surface area contributed by atoms with E-state index < -0.39 is 5.91 Å². The number of carbonyl (C=O) groups excluding carboxylic acids is 1. The second-order valence-corrected chi connectivity index (χ2v) is 5.29. The van der Waals surface area contributed by atoms with Crippen LogP contribution in [0.25, 0.3) is 11.3 Å². The molecule has 2 aromatic carbocycles. The zero-order valence-electron chi connectivity index (χ0n) is 13.0. The lowest BCUT2D eigenvalue weighted by Gasteiger charge is -1.97. The van der Waals surface area contributed by atoms with Crippen molar-refractivity contribution in [2.24, 2.45) is 5.10 Å². The lowest BCUT2D eigenvalue weighted by Crippen LogP contribution is -2.18. The molecule has 3 rings (SSSR count). The molecule has 0 saturated heterocycles. The summed E-state index contributed by atoms with van der Waals surface area (Å²) in [6.45, 7) is 2.00. The van der Waals surface area contributed by atoms with Gasteiger partial charge in [-0.2, -0.15) is 10.2 Å². The molecule has 0 aliphatic heterocycles. The third-order valence-corrected chi connectivity index (χ3v) is 3.40. The topological polar surface area (TPSA) is 70.1 Å². The van der Waals surface area contributed by atoms with Crippen molar-refractivity contribution >= 4 is 12.1 Å². The van der Waals surface area contributed by atoms with Crippen LogP contribution in [0.4, 0.5) is 4.39 Å².